The molecule has 1 N–H and O–H groups in total. The minimum atomic E-state index is -3.55. The molecule has 0 unspecified atom stereocenters. The van der Waals surface area contributed by atoms with Gasteiger partial charge >= 0.3 is 0 Å². The smallest absolute Gasteiger partial charge is 0.247 e. The molecular weight excluding hydrogens is 280 g/mol. The molecule has 110 valence electrons. The van der Waals surface area contributed by atoms with Crippen molar-refractivity contribution in [1.82, 2.24) is 9.79 Å². The van der Waals surface area contributed by atoms with Crippen LogP contribution in [0.3, 0.4) is 0 Å². The quantitative estimate of drug-likeness (QED) is 0.762. The van der Waals surface area contributed by atoms with Gasteiger partial charge in [-0.25, -0.2) is 18.2 Å². The number of sulfonamides is 1. The summed E-state index contributed by atoms with van der Waals surface area (Å²) < 4.78 is 25.7. The maximum absolute atomic E-state index is 11.7. The molecule has 0 bridgehead atoms. The second-order valence-electron chi connectivity index (χ2n) is 3.98. The summed E-state index contributed by atoms with van der Waals surface area (Å²) in [6, 6.07) is 9.08. The lowest BCUT2D eigenvalue weighted by Crippen LogP contribution is -2.30. The predicted molar refractivity (Wildman–Crippen MR) is 76.8 cm³/mol. The Hall–Kier alpha value is -1.70. The molecule has 1 aromatic rings. The van der Waals surface area contributed by atoms with Crippen LogP contribution in [-0.4, -0.2) is 40.1 Å². The van der Waals surface area contributed by atoms with E-state index in [2.05, 4.69) is 4.72 Å². The molecule has 1 aromatic carbocycles. The zero-order chi connectivity index (χ0) is 15.0. The first-order valence-electron chi connectivity index (χ1n) is 5.98. The normalized spacial score (nSPS) is 11.7. The maximum Gasteiger partial charge on any atom is 0.247 e. The molecule has 0 heterocycles. The van der Waals surface area contributed by atoms with Crippen molar-refractivity contribution in [3.8, 4) is 0 Å². The summed E-state index contributed by atoms with van der Waals surface area (Å²) >= 11 is 0. The molecule has 0 aliphatic heterocycles. The van der Waals surface area contributed by atoms with Crippen LogP contribution < -0.4 is 4.72 Å². The number of hydrogen-bond donors (Lipinski definition) is 1. The van der Waals surface area contributed by atoms with Gasteiger partial charge in [-0.3, -0.25) is 9.63 Å². The van der Waals surface area contributed by atoms with E-state index in [0.717, 1.165) is 16.0 Å². The van der Waals surface area contributed by atoms with Gasteiger partial charge in [-0.2, -0.15) is 0 Å². The highest BCUT2D eigenvalue weighted by atomic mass is 32.2. The molecule has 20 heavy (non-hydrogen) atoms. The van der Waals surface area contributed by atoms with Crippen molar-refractivity contribution in [2.45, 2.75) is 6.42 Å². The number of hydrogen-bond acceptors (Lipinski definition) is 4. The van der Waals surface area contributed by atoms with Gasteiger partial charge in [0.15, 0.2) is 0 Å². The number of nitrogens with zero attached hydrogens (tertiary/aromatic N) is 1. The van der Waals surface area contributed by atoms with Crippen LogP contribution in [0, 0.1) is 0 Å². The Morgan fingerprint density at radius 3 is 2.60 bits per heavy atom. The lowest BCUT2D eigenvalue weighted by Gasteiger charge is -2.13. The second kappa shape index (κ2) is 7.78. The standard InChI is InChI=1S/C13H18N2O4S/c1-15(19-2)13(16)8-10-14-20(17,18)11-9-12-6-4-3-5-7-12/h3-7,9,11,14H,8,10H2,1-2H3/b11-9+. The summed E-state index contributed by atoms with van der Waals surface area (Å²) in [5, 5.41) is 2.13. The van der Waals surface area contributed by atoms with Crippen LogP contribution in [0.5, 0.6) is 0 Å². The van der Waals surface area contributed by atoms with Crippen molar-refractivity contribution >= 4 is 22.0 Å². The highest BCUT2D eigenvalue weighted by molar-refractivity contribution is 7.92. The van der Waals surface area contributed by atoms with E-state index in [-0.39, 0.29) is 18.9 Å². The Kier molecular flexibility index (Phi) is 6.37. The van der Waals surface area contributed by atoms with Gasteiger partial charge < -0.3 is 0 Å². The SMILES string of the molecule is CON(C)C(=O)CCNS(=O)(=O)/C=C/c1ccccc1. The fourth-order valence-electron chi connectivity index (χ4n) is 1.34. The molecule has 1 rings (SSSR count). The Morgan fingerprint density at radius 1 is 1.35 bits per heavy atom. The van der Waals surface area contributed by atoms with E-state index in [1.54, 1.807) is 12.1 Å². The minimum Gasteiger partial charge on any atom is -0.275 e. The third-order valence-electron chi connectivity index (χ3n) is 2.51. The Balaban J connectivity index is 2.47. The number of hydroxylamine groups is 2. The van der Waals surface area contributed by atoms with Crippen LogP contribution in [0.25, 0.3) is 6.08 Å². The number of nitrogens with one attached hydrogen (secondary N) is 1. The van der Waals surface area contributed by atoms with Crippen LogP contribution in [0.1, 0.15) is 12.0 Å². The molecule has 0 aromatic heterocycles. The molecule has 0 aliphatic carbocycles. The van der Waals surface area contributed by atoms with Gasteiger partial charge in [0.1, 0.15) is 0 Å². The van der Waals surface area contributed by atoms with Gasteiger partial charge in [0, 0.05) is 25.4 Å². The number of rotatable bonds is 7. The molecule has 1 amide bonds. The maximum atomic E-state index is 11.7. The summed E-state index contributed by atoms with van der Waals surface area (Å²) in [4.78, 5) is 16.1. The summed E-state index contributed by atoms with van der Waals surface area (Å²) in [5.41, 5.74) is 0.785. The van der Waals surface area contributed by atoms with Gasteiger partial charge in [0.25, 0.3) is 0 Å². The first kappa shape index (κ1) is 16.4. The van der Waals surface area contributed by atoms with Crippen LogP contribution in [-0.2, 0) is 19.7 Å². The minimum absolute atomic E-state index is 0.0218. The molecule has 0 atom stereocenters. The van der Waals surface area contributed by atoms with E-state index in [9.17, 15) is 13.2 Å². The van der Waals surface area contributed by atoms with Crippen molar-refractivity contribution in [3.05, 3.63) is 41.3 Å². The lowest BCUT2D eigenvalue weighted by molar-refractivity contribution is -0.168. The van der Waals surface area contributed by atoms with Crippen LogP contribution in [0.15, 0.2) is 35.7 Å². The first-order valence-corrected chi connectivity index (χ1v) is 7.53. The third-order valence-corrected chi connectivity index (χ3v) is 3.61. The molecule has 0 radical (unpaired) electrons. The predicted octanol–water partition coefficient (Wildman–Crippen LogP) is 0.987. The Morgan fingerprint density at radius 2 is 2.00 bits per heavy atom. The lowest BCUT2D eigenvalue weighted by atomic mass is 10.2. The third kappa shape index (κ3) is 5.96. The highest BCUT2D eigenvalue weighted by Gasteiger charge is 2.10. The molecule has 0 saturated carbocycles. The molecule has 0 spiro atoms. The van der Waals surface area contributed by atoms with E-state index in [0.29, 0.717) is 0 Å². The second-order valence-corrected chi connectivity index (χ2v) is 5.63. The number of benzene rings is 1. The number of carbonyl (C=O) groups is 1. The zero-order valence-corrected chi connectivity index (χ0v) is 12.3. The zero-order valence-electron chi connectivity index (χ0n) is 11.4. The number of carbonyl (C=O) groups excluding carboxylic acids is 1. The van der Waals surface area contributed by atoms with E-state index in [1.807, 2.05) is 18.2 Å². The molecule has 6 nitrogen and oxygen atoms in total. The van der Waals surface area contributed by atoms with Crippen molar-refractivity contribution in [3.63, 3.8) is 0 Å². The average Bonchev–Trinajstić information content (AvgIpc) is 2.45. The molecular formula is C13H18N2O4S. The van der Waals surface area contributed by atoms with Crippen LogP contribution >= 0.6 is 0 Å². The topological polar surface area (TPSA) is 75.7 Å². The van der Waals surface area contributed by atoms with Crippen molar-refractivity contribution in [2.24, 2.45) is 0 Å². The van der Waals surface area contributed by atoms with Gasteiger partial charge in [-0.05, 0) is 11.6 Å². The Labute approximate surface area is 119 Å². The van der Waals surface area contributed by atoms with Crippen LogP contribution in [0.2, 0.25) is 0 Å². The number of amides is 1. The van der Waals surface area contributed by atoms with Gasteiger partial charge in [0.05, 0.1) is 7.11 Å². The monoisotopic (exact) mass is 298 g/mol. The van der Waals surface area contributed by atoms with Crippen molar-refractivity contribution in [1.29, 1.82) is 0 Å². The largest absolute Gasteiger partial charge is 0.275 e. The fourth-order valence-corrected chi connectivity index (χ4v) is 2.16. The van der Waals surface area contributed by atoms with E-state index < -0.39 is 10.0 Å². The van der Waals surface area contributed by atoms with Crippen LogP contribution in [0.4, 0.5) is 0 Å². The summed E-state index contributed by atoms with van der Waals surface area (Å²) in [6.45, 7) is 0.0218. The van der Waals surface area contributed by atoms with E-state index >= 15 is 0 Å². The fraction of sp³-hybridized carbons (Fsp3) is 0.308. The summed E-state index contributed by atoms with van der Waals surface area (Å²) in [6.07, 6.45) is 1.52. The van der Waals surface area contributed by atoms with Crippen molar-refractivity contribution in [2.75, 3.05) is 20.7 Å². The molecule has 0 saturated heterocycles. The highest BCUT2D eigenvalue weighted by Crippen LogP contribution is 2.02. The summed E-state index contributed by atoms with van der Waals surface area (Å²) in [7, 11) is -0.720. The average molecular weight is 298 g/mol. The van der Waals surface area contributed by atoms with E-state index in [4.69, 9.17) is 4.84 Å². The Bertz CT molecular complexity index is 555. The van der Waals surface area contributed by atoms with E-state index in [1.165, 1.54) is 20.2 Å². The summed E-state index contributed by atoms with van der Waals surface area (Å²) in [5.74, 6) is -0.303. The van der Waals surface area contributed by atoms with Crippen molar-refractivity contribution < 1.29 is 18.0 Å². The first-order chi connectivity index (χ1) is 9.44. The van der Waals surface area contributed by atoms with Gasteiger partial charge in [0.2, 0.25) is 15.9 Å². The molecule has 7 heteroatoms. The molecule has 0 fully saturated rings. The van der Waals surface area contributed by atoms with Gasteiger partial charge in [-0.15, -0.1) is 0 Å². The molecule has 0 aliphatic rings. The van der Waals surface area contributed by atoms with Gasteiger partial charge in [-0.1, -0.05) is 30.3 Å².